The van der Waals surface area contributed by atoms with E-state index < -0.39 is 0 Å². The van der Waals surface area contributed by atoms with Crippen LogP contribution in [0.3, 0.4) is 0 Å². The van der Waals surface area contributed by atoms with Crippen molar-refractivity contribution >= 4 is 0 Å². The average Bonchev–Trinajstić information content (AvgIpc) is 2.28. The van der Waals surface area contributed by atoms with Gasteiger partial charge >= 0.3 is 0 Å². The molecule has 2 rings (SSSR count). The average molecular weight is 225 g/mol. The highest BCUT2D eigenvalue weighted by molar-refractivity contribution is 4.83. The molecular weight excluding hydrogens is 198 g/mol. The quantitative estimate of drug-likeness (QED) is 0.716. The second kappa shape index (κ2) is 5.50. The van der Waals surface area contributed by atoms with Crippen LogP contribution in [-0.2, 0) is 4.74 Å². The molecule has 1 saturated carbocycles. The maximum atomic E-state index is 5.81. The number of ether oxygens (including phenoxy) is 1. The monoisotopic (exact) mass is 225 g/mol. The molecule has 2 heteroatoms. The summed E-state index contributed by atoms with van der Waals surface area (Å²) in [5.41, 5.74) is 0. The highest BCUT2D eigenvalue weighted by Gasteiger charge is 2.30. The zero-order chi connectivity index (χ0) is 11.5. The summed E-state index contributed by atoms with van der Waals surface area (Å²) in [6.45, 7) is 9.04. The van der Waals surface area contributed by atoms with Crippen LogP contribution in [0.2, 0.25) is 0 Å². The topological polar surface area (TPSA) is 12.5 Å². The van der Waals surface area contributed by atoms with Crippen LogP contribution in [0.15, 0.2) is 0 Å². The van der Waals surface area contributed by atoms with E-state index in [4.69, 9.17) is 4.74 Å². The first-order chi connectivity index (χ1) is 7.69. The molecule has 2 aliphatic rings. The molecular formula is C14H27NO. The van der Waals surface area contributed by atoms with Crippen molar-refractivity contribution in [1.29, 1.82) is 0 Å². The van der Waals surface area contributed by atoms with E-state index in [1.54, 1.807) is 0 Å². The summed E-state index contributed by atoms with van der Waals surface area (Å²) in [5, 5.41) is 0. The van der Waals surface area contributed by atoms with E-state index in [2.05, 4.69) is 25.7 Å². The molecule has 0 aromatic rings. The van der Waals surface area contributed by atoms with E-state index in [0.717, 1.165) is 25.0 Å². The first-order valence-electron chi connectivity index (χ1n) is 7.08. The molecule has 2 fully saturated rings. The normalized spacial score (nSPS) is 42.2. The van der Waals surface area contributed by atoms with E-state index in [0.29, 0.717) is 12.2 Å². The molecule has 94 valence electrons. The molecule has 1 aliphatic heterocycles. The molecule has 2 atom stereocenters. The Bertz CT molecular complexity index is 201. The molecule has 0 bridgehead atoms. The lowest BCUT2D eigenvalue weighted by atomic mass is 9.83. The van der Waals surface area contributed by atoms with Crippen molar-refractivity contribution in [3.8, 4) is 0 Å². The molecule has 0 aromatic carbocycles. The minimum atomic E-state index is 0.424. The first kappa shape index (κ1) is 12.4. The molecule has 1 saturated heterocycles. The SMILES string of the molecule is CCC1CCC(N2C[C@@H](C)O[C@H](C)C2)CC1. The van der Waals surface area contributed by atoms with Crippen LogP contribution >= 0.6 is 0 Å². The molecule has 0 amide bonds. The number of hydrogen-bond donors (Lipinski definition) is 0. The fourth-order valence-corrected chi connectivity index (χ4v) is 3.43. The van der Waals surface area contributed by atoms with Crippen LogP contribution in [0.5, 0.6) is 0 Å². The summed E-state index contributed by atoms with van der Waals surface area (Å²) >= 11 is 0. The summed E-state index contributed by atoms with van der Waals surface area (Å²) < 4.78 is 5.81. The molecule has 16 heavy (non-hydrogen) atoms. The highest BCUT2D eigenvalue weighted by atomic mass is 16.5. The van der Waals surface area contributed by atoms with Gasteiger partial charge in [-0.1, -0.05) is 13.3 Å². The molecule has 1 heterocycles. The lowest BCUT2D eigenvalue weighted by Gasteiger charge is -2.42. The zero-order valence-electron chi connectivity index (χ0n) is 11.1. The van der Waals surface area contributed by atoms with E-state index in [1.165, 1.54) is 32.1 Å². The van der Waals surface area contributed by atoms with Crippen molar-refractivity contribution in [2.75, 3.05) is 13.1 Å². The summed E-state index contributed by atoms with van der Waals surface area (Å²) in [5.74, 6) is 1.01. The second-order valence-corrected chi connectivity index (χ2v) is 5.79. The predicted octanol–water partition coefficient (Wildman–Crippen LogP) is 3.06. The zero-order valence-corrected chi connectivity index (χ0v) is 11.1. The van der Waals surface area contributed by atoms with Gasteiger partial charge in [0, 0.05) is 19.1 Å². The van der Waals surface area contributed by atoms with Gasteiger partial charge < -0.3 is 4.74 Å². The van der Waals surface area contributed by atoms with Crippen molar-refractivity contribution in [3.05, 3.63) is 0 Å². The van der Waals surface area contributed by atoms with Crippen LogP contribution in [-0.4, -0.2) is 36.2 Å². The summed E-state index contributed by atoms with van der Waals surface area (Å²) in [6.07, 6.45) is 7.95. The molecule has 2 nitrogen and oxygen atoms in total. The Balaban J connectivity index is 1.83. The van der Waals surface area contributed by atoms with Gasteiger partial charge in [0.15, 0.2) is 0 Å². The summed E-state index contributed by atoms with van der Waals surface area (Å²) in [4.78, 5) is 2.69. The van der Waals surface area contributed by atoms with Crippen molar-refractivity contribution < 1.29 is 4.74 Å². The Morgan fingerprint density at radius 3 is 2.06 bits per heavy atom. The van der Waals surface area contributed by atoms with E-state index in [-0.39, 0.29) is 0 Å². The standard InChI is InChI=1S/C14H27NO/c1-4-13-5-7-14(8-6-13)15-9-11(2)16-12(3)10-15/h11-14H,4-10H2,1-3H3/t11-,12-,13?,14?/m1/s1. The van der Waals surface area contributed by atoms with Crippen molar-refractivity contribution in [2.45, 2.75) is 71.1 Å². The first-order valence-corrected chi connectivity index (χ1v) is 7.08. The van der Waals surface area contributed by atoms with E-state index in [9.17, 15) is 0 Å². The lowest BCUT2D eigenvalue weighted by molar-refractivity contribution is -0.0853. The van der Waals surface area contributed by atoms with Gasteiger partial charge in [0.1, 0.15) is 0 Å². The fourth-order valence-electron chi connectivity index (χ4n) is 3.43. The molecule has 0 aromatic heterocycles. The van der Waals surface area contributed by atoms with E-state index in [1.807, 2.05) is 0 Å². The Kier molecular flexibility index (Phi) is 4.26. The fraction of sp³-hybridized carbons (Fsp3) is 1.00. The second-order valence-electron chi connectivity index (χ2n) is 5.79. The van der Waals surface area contributed by atoms with Crippen LogP contribution in [0.25, 0.3) is 0 Å². The number of rotatable bonds is 2. The van der Waals surface area contributed by atoms with Gasteiger partial charge in [0.05, 0.1) is 12.2 Å². The molecule has 0 N–H and O–H groups in total. The smallest absolute Gasteiger partial charge is 0.0678 e. The van der Waals surface area contributed by atoms with Crippen LogP contribution in [0.4, 0.5) is 0 Å². The van der Waals surface area contributed by atoms with E-state index >= 15 is 0 Å². The Morgan fingerprint density at radius 1 is 1.00 bits per heavy atom. The van der Waals surface area contributed by atoms with Crippen molar-refractivity contribution in [2.24, 2.45) is 5.92 Å². The number of nitrogens with zero attached hydrogens (tertiary/aromatic N) is 1. The summed E-state index contributed by atoms with van der Waals surface area (Å²) in [7, 11) is 0. The minimum absolute atomic E-state index is 0.424. The maximum Gasteiger partial charge on any atom is 0.0678 e. The van der Waals surface area contributed by atoms with Gasteiger partial charge in [-0.25, -0.2) is 0 Å². The van der Waals surface area contributed by atoms with Crippen molar-refractivity contribution in [1.82, 2.24) is 4.90 Å². The molecule has 1 aliphatic carbocycles. The van der Waals surface area contributed by atoms with Crippen LogP contribution in [0, 0.1) is 5.92 Å². The third-order valence-electron chi connectivity index (χ3n) is 4.36. The molecule has 0 spiro atoms. The van der Waals surface area contributed by atoms with Crippen LogP contribution in [0.1, 0.15) is 52.9 Å². The Labute approximate surface area is 100 Å². The van der Waals surface area contributed by atoms with Crippen LogP contribution < -0.4 is 0 Å². The highest BCUT2D eigenvalue weighted by Crippen LogP contribution is 2.30. The maximum absolute atomic E-state index is 5.81. The third kappa shape index (κ3) is 2.98. The molecule has 0 radical (unpaired) electrons. The predicted molar refractivity (Wildman–Crippen MR) is 67.6 cm³/mol. The minimum Gasteiger partial charge on any atom is -0.373 e. The van der Waals surface area contributed by atoms with Gasteiger partial charge in [-0.05, 0) is 45.4 Å². The van der Waals surface area contributed by atoms with Crippen molar-refractivity contribution in [3.63, 3.8) is 0 Å². The largest absolute Gasteiger partial charge is 0.373 e. The van der Waals surface area contributed by atoms with Gasteiger partial charge in [-0.2, -0.15) is 0 Å². The number of hydrogen-bond acceptors (Lipinski definition) is 2. The van der Waals surface area contributed by atoms with Gasteiger partial charge in [-0.15, -0.1) is 0 Å². The number of morpholine rings is 1. The van der Waals surface area contributed by atoms with Gasteiger partial charge in [-0.3, -0.25) is 4.90 Å². The Morgan fingerprint density at radius 2 is 1.56 bits per heavy atom. The van der Waals surface area contributed by atoms with Gasteiger partial charge in [0.25, 0.3) is 0 Å². The third-order valence-corrected chi connectivity index (χ3v) is 4.36. The Hall–Kier alpha value is -0.0800. The lowest BCUT2D eigenvalue weighted by Crippen LogP contribution is -2.50. The van der Waals surface area contributed by atoms with Gasteiger partial charge in [0.2, 0.25) is 0 Å². The summed E-state index contributed by atoms with van der Waals surface area (Å²) in [6, 6.07) is 0.844. The molecule has 0 unspecified atom stereocenters.